The molecule has 4 heteroatoms. The molecule has 0 spiro atoms. The van der Waals surface area contributed by atoms with Gasteiger partial charge in [0, 0.05) is 10.6 Å². The molecular formula is C28H29ClN2O. The quantitative estimate of drug-likeness (QED) is 0.356. The van der Waals surface area contributed by atoms with Crippen LogP contribution in [-0.4, -0.2) is 18.2 Å². The van der Waals surface area contributed by atoms with Crippen LogP contribution < -0.4 is 0 Å². The van der Waals surface area contributed by atoms with Crippen molar-refractivity contribution in [1.29, 1.82) is 0 Å². The summed E-state index contributed by atoms with van der Waals surface area (Å²) in [5.74, 6) is 1.28. The monoisotopic (exact) mass is 444 g/mol. The highest BCUT2D eigenvalue weighted by Gasteiger charge is 2.26. The maximum atomic E-state index is 6.17. The largest absolute Gasteiger partial charge is 0.474 e. The van der Waals surface area contributed by atoms with Gasteiger partial charge in [0.1, 0.15) is 18.4 Å². The van der Waals surface area contributed by atoms with Crippen LogP contribution in [0.1, 0.15) is 67.8 Å². The Kier molecular flexibility index (Phi) is 6.76. The van der Waals surface area contributed by atoms with Crippen molar-refractivity contribution in [1.82, 2.24) is 0 Å². The molecular weight excluding hydrogens is 416 g/mol. The van der Waals surface area contributed by atoms with Crippen LogP contribution in [0, 0.1) is 0 Å². The maximum Gasteiger partial charge on any atom is 0.236 e. The predicted molar refractivity (Wildman–Crippen MR) is 135 cm³/mol. The first-order chi connectivity index (χ1) is 15.4. The van der Waals surface area contributed by atoms with Gasteiger partial charge in [-0.3, -0.25) is 0 Å². The standard InChI is InChI=1S/C28H29ClN2O/c1-18(2)23-11-8-12-24(19(3)4)27(23)31-26(21-13-15-22(29)16-14-21)28-30-25(17-32-28)20-9-6-5-7-10-20/h5-16,18-19,25H,17H2,1-4H3/b31-26+/t25-/m1/s1. The molecule has 0 unspecified atom stereocenters. The molecule has 32 heavy (non-hydrogen) atoms. The van der Waals surface area contributed by atoms with Crippen molar-refractivity contribution in [3.05, 3.63) is 100 Å². The topological polar surface area (TPSA) is 34.0 Å². The van der Waals surface area contributed by atoms with Crippen LogP contribution in [0.15, 0.2) is 82.8 Å². The van der Waals surface area contributed by atoms with Gasteiger partial charge in [-0.2, -0.15) is 0 Å². The van der Waals surface area contributed by atoms with E-state index < -0.39 is 0 Å². The molecule has 3 nitrogen and oxygen atoms in total. The fourth-order valence-corrected chi connectivity index (χ4v) is 4.07. The molecule has 4 rings (SSSR count). The van der Waals surface area contributed by atoms with E-state index >= 15 is 0 Å². The lowest BCUT2D eigenvalue weighted by molar-refractivity contribution is 0.323. The zero-order chi connectivity index (χ0) is 22.7. The van der Waals surface area contributed by atoms with Crippen molar-refractivity contribution in [2.45, 2.75) is 45.6 Å². The van der Waals surface area contributed by atoms with Crippen molar-refractivity contribution < 1.29 is 4.74 Å². The normalized spacial score (nSPS) is 16.4. The van der Waals surface area contributed by atoms with Crippen molar-refractivity contribution >= 4 is 28.9 Å². The Morgan fingerprint density at radius 3 is 2.09 bits per heavy atom. The first-order valence-electron chi connectivity index (χ1n) is 11.2. The van der Waals surface area contributed by atoms with Crippen molar-refractivity contribution in [2.75, 3.05) is 6.61 Å². The number of hydrogen-bond donors (Lipinski definition) is 0. The lowest BCUT2D eigenvalue weighted by Gasteiger charge is -2.18. The second kappa shape index (κ2) is 9.70. The van der Waals surface area contributed by atoms with Gasteiger partial charge in [-0.15, -0.1) is 0 Å². The SMILES string of the molecule is CC(C)c1cccc(C(C)C)c1/N=C(/C1=N[C@@H](c2ccccc2)CO1)c1ccc(Cl)cc1. The van der Waals surface area contributed by atoms with Gasteiger partial charge in [-0.1, -0.05) is 100.0 Å². The molecule has 0 radical (unpaired) electrons. The Balaban J connectivity index is 1.87. The van der Waals surface area contributed by atoms with E-state index in [2.05, 4.69) is 58.0 Å². The fraction of sp³-hybridized carbons (Fsp3) is 0.286. The Hall–Kier alpha value is -2.91. The molecule has 0 bridgehead atoms. The van der Waals surface area contributed by atoms with E-state index in [1.807, 2.05) is 42.5 Å². The Bertz CT molecular complexity index is 1110. The average molecular weight is 445 g/mol. The lowest BCUT2D eigenvalue weighted by Crippen LogP contribution is -2.16. The van der Waals surface area contributed by atoms with E-state index in [1.165, 1.54) is 11.1 Å². The van der Waals surface area contributed by atoms with E-state index in [0.29, 0.717) is 29.4 Å². The van der Waals surface area contributed by atoms with E-state index in [4.69, 9.17) is 26.3 Å². The summed E-state index contributed by atoms with van der Waals surface area (Å²) in [4.78, 5) is 10.2. The van der Waals surface area contributed by atoms with Crippen LogP contribution in [0.4, 0.5) is 5.69 Å². The first-order valence-corrected chi connectivity index (χ1v) is 11.5. The molecule has 1 heterocycles. The fourth-order valence-electron chi connectivity index (χ4n) is 3.95. The Morgan fingerprint density at radius 1 is 0.875 bits per heavy atom. The number of para-hydroxylation sites is 1. The number of benzene rings is 3. The van der Waals surface area contributed by atoms with Crippen molar-refractivity contribution in [3.63, 3.8) is 0 Å². The van der Waals surface area contributed by atoms with Crippen LogP contribution in [0.2, 0.25) is 5.02 Å². The number of aliphatic imine (C=N–C) groups is 2. The van der Waals surface area contributed by atoms with E-state index in [9.17, 15) is 0 Å². The highest BCUT2D eigenvalue weighted by atomic mass is 35.5. The summed E-state index contributed by atoms with van der Waals surface area (Å²) in [6.07, 6.45) is 0. The molecule has 0 saturated heterocycles. The maximum absolute atomic E-state index is 6.17. The molecule has 0 aromatic heterocycles. The van der Waals surface area contributed by atoms with Crippen molar-refractivity contribution in [2.24, 2.45) is 9.98 Å². The Morgan fingerprint density at radius 2 is 1.50 bits per heavy atom. The minimum atomic E-state index is -0.0337. The summed E-state index contributed by atoms with van der Waals surface area (Å²) in [7, 11) is 0. The average Bonchev–Trinajstić information content (AvgIpc) is 3.28. The number of halogens is 1. The summed E-state index contributed by atoms with van der Waals surface area (Å²) in [5.41, 5.74) is 6.28. The number of rotatable bonds is 6. The second-order valence-electron chi connectivity index (χ2n) is 8.73. The Labute approximate surface area is 195 Å². The predicted octanol–water partition coefficient (Wildman–Crippen LogP) is 7.88. The molecule has 0 fully saturated rings. The zero-order valence-electron chi connectivity index (χ0n) is 19.0. The van der Waals surface area contributed by atoms with Gasteiger partial charge in [-0.25, -0.2) is 9.98 Å². The molecule has 1 aliphatic rings. The van der Waals surface area contributed by atoms with Gasteiger partial charge in [0.25, 0.3) is 0 Å². The summed E-state index contributed by atoms with van der Waals surface area (Å²) in [6.45, 7) is 9.32. The van der Waals surface area contributed by atoms with Gasteiger partial charge in [-0.05, 0) is 40.7 Å². The summed E-state index contributed by atoms with van der Waals surface area (Å²) in [5, 5.41) is 0.690. The molecule has 164 valence electrons. The number of ether oxygens (including phenoxy) is 1. The minimum Gasteiger partial charge on any atom is -0.474 e. The molecule has 0 amide bonds. The summed E-state index contributed by atoms with van der Waals surface area (Å²) in [6, 6.07) is 24.4. The lowest BCUT2D eigenvalue weighted by atomic mass is 9.92. The van der Waals surface area contributed by atoms with Crippen LogP contribution in [0.5, 0.6) is 0 Å². The van der Waals surface area contributed by atoms with Gasteiger partial charge in [0.15, 0.2) is 0 Å². The minimum absolute atomic E-state index is 0.0337. The third kappa shape index (κ3) is 4.78. The second-order valence-corrected chi connectivity index (χ2v) is 9.17. The van der Waals surface area contributed by atoms with Crippen LogP contribution in [0.25, 0.3) is 0 Å². The molecule has 3 aromatic carbocycles. The molecule has 0 aliphatic carbocycles. The molecule has 1 atom stereocenters. The van der Waals surface area contributed by atoms with Crippen molar-refractivity contribution in [3.8, 4) is 0 Å². The van der Waals surface area contributed by atoms with Crippen LogP contribution in [0.3, 0.4) is 0 Å². The number of hydrogen-bond acceptors (Lipinski definition) is 3. The van der Waals surface area contributed by atoms with Gasteiger partial charge in [0.2, 0.25) is 5.90 Å². The molecule has 1 aliphatic heterocycles. The smallest absolute Gasteiger partial charge is 0.236 e. The van der Waals surface area contributed by atoms with Gasteiger partial charge in [0.05, 0.1) is 5.69 Å². The third-order valence-electron chi connectivity index (χ3n) is 5.72. The summed E-state index contributed by atoms with van der Waals surface area (Å²) < 4.78 is 6.13. The molecule has 0 saturated carbocycles. The van der Waals surface area contributed by atoms with E-state index in [-0.39, 0.29) is 6.04 Å². The van der Waals surface area contributed by atoms with Crippen LogP contribution >= 0.6 is 11.6 Å². The highest BCUT2D eigenvalue weighted by molar-refractivity contribution is 6.46. The first kappa shape index (κ1) is 22.3. The molecule has 3 aromatic rings. The van der Waals surface area contributed by atoms with Gasteiger partial charge < -0.3 is 4.74 Å². The number of nitrogens with zero attached hydrogens (tertiary/aromatic N) is 2. The highest BCUT2D eigenvalue weighted by Crippen LogP contribution is 2.36. The van der Waals surface area contributed by atoms with Crippen LogP contribution in [-0.2, 0) is 4.74 Å². The van der Waals surface area contributed by atoms with Gasteiger partial charge >= 0.3 is 0 Å². The summed E-state index contributed by atoms with van der Waals surface area (Å²) >= 11 is 6.17. The zero-order valence-corrected chi connectivity index (χ0v) is 19.8. The third-order valence-corrected chi connectivity index (χ3v) is 5.97. The van der Waals surface area contributed by atoms with E-state index in [1.54, 1.807) is 0 Å². The molecule has 0 N–H and O–H groups in total. The van der Waals surface area contributed by atoms with E-state index in [0.717, 1.165) is 22.5 Å².